The highest BCUT2D eigenvalue weighted by atomic mass is 16.4. The van der Waals surface area contributed by atoms with E-state index < -0.39 is 5.97 Å². The van der Waals surface area contributed by atoms with Gasteiger partial charge in [-0.3, -0.25) is 9.89 Å². The zero-order chi connectivity index (χ0) is 16.2. The molecule has 0 radical (unpaired) electrons. The molecule has 1 saturated heterocycles. The van der Waals surface area contributed by atoms with Gasteiger partial charge in [-0.05, 0) is 44.9 Å². The monoisotopic (exact) mass is 320 g/mol. The number of piperidine rings is 1. The largest absolute Gasteiger partial charge is 0.481 e. The Kier molecular flexibility index (Phi) is 4.83. The Labute approximate surface area is 135 Å². The molecule has 3 N–H and O–H groups in total. The Morgan fingerprint density at radius 1 is 1.22 bits per heavy atom. The molecule has 1 unspecified atom stereocenters. The fourth-order valence-corrected chi connectivity index (χ4v) is 3.71. The lowest BCUT2D eigenvalue weighted by Gasteiger charge is -2.37. The van der Waals surface area contributed by atoms with Crippen LogP contribution in [-0.2, 0) is 4.79 Å². The van der Waals surface area contributed by atoms with Gasteiger partial charge in [0.1, 0.15) is 0 Å². The Balaban J connectivity index is 1.57. The highest BCUT2D eigenvalue weighted by Crippen LogP contribution is 2.31. The van der Waals surface area contributed by atoms with Gasteiger partial charge < -0.3 is 15.3 Å². The molecular formula is C16H24N4O3. The molecule has 1 aliphatic heterocycles. The number of H-pyrrole nitrogens is 1. The second-order valence-corrected chi connectivity index (χ2v) is 6.57. The molecule has 126 valence electrons. The number of urea groups is 1. The van der Waals surface area contributed by atoms with E-state index in [1.807, 2.05) is 11.1 Å². The van der Waals surface area contributed by atoms with Crippen molar-refractivity contribution in [3.63, 3.8) is 0 Å². The first-order chi connectivity index (χ1) is 11.1. The molecule has 0 bridgehead atoms. The SMILES string of the molecule is O=C(O)C1CCC(NC(=O)N2CCCCC2c2cn[nH]c2)CC1. The Morgan fingerprint density at radius 3 is 2.65 bits per heavy atom. The van der Waals surface area contributed by atoms with E-state index in [1.54, 1.807) is 6.20 Å². The summed E-state index contributed by atoms with van der Waals surface area (Å²) in [6.07, 6.45) is 9.51. The third-order valence-corrected chi connectivity index (χ3v) is 5.07. The van der Waals surface area contributed by atoms with Crippen LogP contribution < -0.4 is 5.32 Å². The quantitative estimate of drug-likeness (QED) is 0.795. The van der Waals surface area contributed by atoms with E-state index in [9.17, 15) is 9.59 Å². The molecule has 23 heavy (non-hydrogen) atoms. The summed E-state index contributed by atoms with van der Waals surface area (Å²) in [7, 11) is 0. The molecule has 2 amide bonds. The minimum Gasteiger partial charge on any atom is -0.481 e. The molecule has 0 spiro atoms. The van der Waals surface area contributed by atoms with Crippen molar-refractivity contribution in [3.05, 3.63) is 18.0 Å². The van der Waals surface area contributed by atoms with E-state index in [2.05, 4.69) is 15.5 Å². The zero-order valence-corrected chi connectivity index (χ0v) is 13.2. The molecule has 1 atom stereocenters. The maximum absolute atomic E-state index is 12.7. The fraction of sp³-hybridized carbons (Fsp3) is 0.688. The lowest BCUT2D eigenvalue weighted by atomic mass is 9.86. The summed E-state index contributed by atoms with van der Waals surface area (Å²) in [5.74, 6) is -0.970. The van der Waals surface area contributed by atoms with Gasteiger partial charge in [0.2, 0.25) is 0 Å². The number of aliphatic carboxylic acids is 1. The van der Waals surface area contributed by atoms with Crippen LogP contribution in [0.4, 0.5) is 4.79 Å². The van der Waals surface area contributed by atoms with Crippen molar-refractivity contribution in [2.75, 3.05) is 6.54 Å². The smallest absolute Gasteiger partial charge is 0.318 e. The van der Waals surface area contributed by atoms with Gasteiger partial charge >= 0.3 is 12.0 Å². The predicted octanol–water partition coefficient (Wildman–Crippen LogP) is 2.29. The first-order valence-electron chi connectivity index (χ1n) is 8.43. The van der Waals surface area contributed by atoms with Crippen molar-refractivity contribution in [2.45, 2.75) is 57.0 Å². The molecule has 1 aliphatic carbocycles. The van der Waals surface area contributed by atoms with Crippen molar-refractivity contribution >= 4 is 12.0 Å². The molecule has 3 rings (SSSR count). The number of hydrogen-bond donors (Lipinski definition) is 3. The van der Waals surface area contributed by atoms with Gasteiger partial charge in [-0.1, -0.05) is 0 Å². The number of carbonyl (C=O) groups excluding carboxylic acids is 1. The summed E-state index contributed by atoms with van der Waals surface area (Å²) in [6, 6.07) is 0.137. The molecule has 1 aromatic heterocycles. The summed E-state index contributed by atoms with van der Waals surface area (Å²) in [4.78, 5) is 25.6. The standard InChI is InChI=1S/C16H24N4O3/c21-15(22)11-4-6-13(7-5-11)19-16(23)20-8-2-1-3-14(20)12-9-17-18-10-12/h9-11,13-14H,1-8H2,(H,17,18)(H,19,23)(H,21,22). The summed E-state index contributed by atoms with van der Waals surface area (Å²) < 4.78 is 0. The van der Waals surface area contributed by atoms with Crippen LogP contribution in [0, 0.1) is 5.92 Å². The number of nitrogens with zero attached hydrogens (tertiary/aromatic N) is 2. The molecule has 1 aromatic rings. The maximum Gasteiger partial charge on any atom is 0.318 e. The van der Waals surface area contributed by atoms with Gasteiger partial charge in [-0.25, -0.2) is 4.79 Å². The van der Waals surface area contributed by atoms with Crippen LogP contribution in [-0.4, -0.2) is 44.8 Å². The molecular weight excluding hydrogens is 296 g/mol. The molecule has 2 aliphatic rings. The number of aromatic amines is 1. The fourth-order valence-electron chi connectivity index (χ4n) is 3.71. The Bertz CT molecular complexity index is 538. The zero-order valence-electron chi connectivity index (χ0n) is 13.2. The minimum atomic E-state index is -0.717. The molecule has 2 heterocycles. The highest BCUT2D eigenvalue weighted by molar-refractivity contribution is 5.75. The maximum atomic E-state index is 12.7. The van der Waals surface area contributed by atoms with Gasteiger partial charge in [0, 0.05) is 24.3 Å². The number of rotatable bonds is 3. The lowest BCUT2D eigenvalue weighted by molar-refractivity contribution is -0.142. The van der Waals surface area contributed by atoms with Crippen LogP contribution in [0.1, 0.15) is 56.6 Å². The average Bonchev–Trinajstić information content (AvgIpc) is 3.09. The lowest BCUT2D eigenvalue weighted by Crippen LogP contribution is -2.49. The van der Waals surface area contributed by atoms with Crippen molar-refractivity contribution in [1.82, 2.24) is 20.4 Å². The van der Waals surface area contributed by atoms with E-state index in [4.69, 9.17) is 5.11 Å². The molecule has 7 nitrogen and oxygen atoms in total. The van der Waals surface area contributed by atoms with E-state index in [1.165, 1.54) is 0 Å². The number of aromatic nitrogens is 2. The van der Waals surface area contributed by atoms with Crippen LogP contribution in [0.2, 0.25) is 0 Å². The number of carboxylic acid groups (broad SMARTS) is 1. The Hall–Kier alpha value is -2.05. The van der Waals surface area contributed by atoms with Crippen molar-refractivity contribution in [1.29, 1.82) is 0 Å². The average molecular weight is 320 g/mol. The minimum absolute atomic E-state index is 0.0327. The van der Waals surface area contributed by atoms with Crippen LogP contribution >= 0.6 is 0 Å². The number of carboxylic acids is 1. The van der Waals surface area contributed by atoms with Gasteiger partial charge in [0.15, 0.2) is 0 Å². The van der Waals surface area contributed by atoms with Crippen LogP contribution in [0.25, 0.3) is 0 Å². The van der Waals surface area contributed by atoms with Crippen LogP contribution in [0.3, 0.4) is 0 Å². The van der Waals surface area contributed by atoms with E-state index in [-0.39, 0.29) is 24.0 Å². The molecule has 7 heteroatoms. The second-order valence-electron chi connectivity index (χ2n) is 6.57. The van der Waals surface area contributed by atoms with E-state index in [0.717, 1.165) is 44.2 Å². The topological polar surface area (TPSA) is 98.3 Å². The van der Waals surface area contributed by atoms with E-state index in [0.29, 0.717) is 12.8 Å². The van der Waals surface area contributed by atoms with Crippen molar-refractivity contribution in [2.24, 2.45) is 5.92 Å². The normalized spacial score (nSPS) is 28.3. The van der Waals surface area contributed by atoms with Crippen LogP contribution in [0.5, 0.6) is 0 Å². The second kappa shape index (κ2) is 7.02. The Morgan fingerprint density at radius 2 is 2.00 bits per heavy atom. The van der Waals surface area contributed by atoms with E-state index >= 15 is 0 Å². The summed E-state index contributed by atoms with van der Waals surface area (Å²) >= 11 is 0. The summed E-state index contributed by atoms with van der Waals surface area (Å²) in [5, 5.41) is 19.0. The third kappa shape index (κ3) is 3.65. The number of amides is 2. The van der Waals surface area contributed by atoms with Gasteiger partial charge in [-0.2, -0.15) is 5.10 Å². The van der Waals surface area contributed by atoms with Gasteiger partial charge in [-0.15, -0.1) is 0 Å². The third-order valence-electron chi connectivity index (χ3n) is 5.07. The van der Waals surface area contributed by atoms with Gasteiger partial charge in [0.25, 0.3) is 0 Å². The summed E-state index contributed by atoms with van der Waals surface area (Å²) in [5.41, 5.74) is 1.05. The summed E-state index contributed by atoms with van der Waals surface area (Å²) in [6.45, 7) is 0.756. The first-order valence-corrected chi connectivity index (χ1v) is 8.43. The number of hydrogen-bond acceptors (Lipinski definition) is 3. The van der Waals surface area contributed by atoms with Gasteiger partial charge in [0.05, 0.1) is 18.2 Å². The number of likely N-dealkylation sites (tertiary alicyclic amines) is 1. The first kappa shape index (κ1) is 15.8. The van der Waals surface area contributed by atoms with Crippen molar-refractivity contribution in [3.8, 4) is 0 Å². The molecule has 0 aromatic carbocycles. The molecule has 1 saturated carbocycles. The predicted molar refractivity (Wildman–Crippen MR) is 83.8 cm³/mol. The molecule has 2 fully saturated rings. The number of carbonyl (C=O) groups is 2. The highest BCUT2D eigenvalue weighted by Gasteiger charge is 2.31. The number of nitrogens with one attached hydrogen (secondary N) is 2. The van der Waals surface area contributed by atoms with Crippen molar-refractivity contribution < 1.29 is 14.7 Å². The van der Waals surface area contributed by atoms with Crippen LogP contribution in [0.15, 0.2) is 12.4 Å².